The summed E-state index contributed by atoms with van der Waals surface area (Å²) in [5, 5.41) is 0. The van der Waals surface area contributed by atoms with E-state index in [0.717, 1.165) is 22.5 Å². The standard InChI is InChI=1S/C29H29FN2O2/c1-19-25(17-27(31)21-10-5-4-6-11-21)29(33)28(22-13-9-14-24(16-22)34-3)20(2)32(19)18-23-12-7-8-15-26(23)30/h4-16,27H,17-18,31H2,1-3H3. The maximum atomic E-state index is 14.6. The monoisotopic (exact) mass is 456 g/mol. The molecule has 4 nitrogen and oxygen atoms in total. The van der Waals surface area contributed by atoms with Crippen molar-refractivity contribution in [1.82, 2.24) is 4.57 Å². The van der Waals surface area contributed by atoms with Crippen molar-refractivity contribution in [3.05, 3.63) is 123 Å². The fraction of sp³-hybridized carbons (Fsp3) is 0.207. The van der Waals surface area contributed by atoms with Crippen molar-refractivity contribution in [2.24, 2.45) is 5.73 Å². The van der Waals surface area contributed by atoms with Gasteiger partial charge in [0.1, 0.15) is 11.6 Å². The number of pyridine rings is 1. The van der Waals surface area contributed by atoms with Gasteiger partial charge in [0.15, 0.2) is 5.43 Å². The normalized spacial score (nSPS) is 11.9. The van der Waals surface area contributed by atoms with Crippen LogP contribution in [0.15, 0.2) is 83.7 Å². The molecular weight excluding hydrogens is 427 g/mol. The molecule has 1 aromatic heterocycles. The van der Waals surface area contributed by atoms with E-state index >= 15 is 0 Å². The second-order valence-corrected chi connectivity index (χ2v) is 8.48. The van der Waals surface area contributed by atoms with Crippen LogP contribution in [-0.4, -0.2) is 11.7 Å². The molecule has 0 radical (unpaired) electrons. The molecule has 0 bridgehead atoms. The van der Waals surface area contributed by atoms with Crippen molar-refractivity contribution >= 4 is 0 Å². The zero-order valence-electron chi connectivity index (χ0n) is 19.7. The number of benzene rings is 3. The predicted octanol–water partition coefficient (Wildman–Crippen LogP) is 5.57. The number of hydrogen-bond acceptors (Lipinski definition) is 3. The smallest absolute Gasteiger partial charge is 0.193 e. The second kappa shape index (κ2) is 10.1. The number of halogens is 1. The molecule has 0 aliphatic carbocycles. The largest absolute Gasteiger partial charge is 0.497 e. The van der Waals surface area contributed by atoms with Gasteiger partial charge in [-0.3, -0.25) is 4.79 Å². The summed E-state index contributed by atoms with van der Waals surface area (Å²) in [6.07, 6.45) is 0.378. The van der Waals surface area contributed by atoms with Crippen LogP contribution in [0.3, 0.4) is 0 Å². The summed E-state index contributed by atoms with van der Waals surface area (Å²) < 4.78 is 22.0. The zero-order chi connectivity index (χ0) is 24.2. The molecule has 0 spiro atoms. The van der Waals surface area contributed by atoms with Gasteiger partial charge in [0.05, 0.1) is 13.7 Å². The van der Waals surface area contributed by atoms with Gasteiger partial charge in [-0.1, -0.05) is 60.7 Å². The summed E-state index contributed by atoms with van der Waals surface area (Å²) in [4.78, 5) is 13.9. The number of methoxy groups -OCH3 is 1. The van der Waals surface area contributed by atoms with Gasteiger partial charge in [-0.15, -0.1) is 0 Å². The van der Waals surface area contributed by atoms with Gasteiger partial charge < -0.3 is 15.0 Å². The van der Waals surface area contributed by atoms with E-state index in [-0.39, 0.29) is 17.3 Å². The molecule has 2 N–H and O–H groups in total. The van der Waals surface area contributed by atoms with Crippen LogP contribution in [0.5, 0.6) is 5.75 Å². The summed E-state index contributed by atoms with van der Waals surface area (Å²) >= 11 is 0. The average molecular weight is 457 g/mol. The number of hydrogen-bond donors (Lipinski definition) is 1. The van der Waals surface area contributed by atoms with E-state index in [1.165, 1.54) is 6.07 Å². The van der Waals surface area contributed by atoms with Crippen molar-refractivity contribution < 1.29 is 9.13 Å². The molecule has 34 heavy (non-hydrogen) atoms. The summed E-state index contributed by atoms with van der Waals surface area (Å²) in [6.45, 7) is 4.14. The Kier molecular flexibility index (Phi) is 6.94. The van der Waals surface area contributed by atoms with Gasteiger partial charge >= 0.3 is 0 Å². The maximum Gasteiger partial charge on any atom is 0.193 e. The third kappa shape index (κ3) is 4.66. The Morgan fingerprint density at radius 1 is 0.941 bits per heavy atom. The van der Waals surface area contributed by atoms with E-state index in [4.69, 9.17) is 10.5 Å². The third-order valence-electron chi connectivity index (χ3n) is 6.41. The lowest BCUT2D eigenvalue weighted by Crippen LogP contribution is -2.26. The Bertz CT molecular complexity index is 1360. The highest BCUT2D eigenvalue weighted by Crippen LogP contribution is 2.28. The summed E-state index contributed by atoms with van der Waals surface area (Å²) in [5.41, 5.74) is 11.6. The van der Waals surface area contributed by atoms with Crippen LogP contribution in [0.25, 0.3) is 11.1 Å². The molecule has 0 aliphatic rings. The van der Waals surface area contributed by atoms with Crippen LogP contribution in [0.4, 0.5) is 4.39 Å². The summed E-state index contributed by atoms with van der Waals surface area (Å²) in [5.74, 6) is 0.394. The molecule has 5 heteroatoms. The number of rotatable bonds is 7. The third-order valence-corrected chi connectivity index (χ3v) is 6.41. The first kappa shape index (κ1) is 23.5. The van der Waals surface area contributed by atoms with Crippen LogP contribution in [0, 0.1) is 19.7 Å². The Balaban J connectivity index is 1.91. The zero-order valence-corrected chi connectivity index (χ0v) is 19.7. The van der Waals surface area contributed by atoms with Crippen LogP contribution < -0.4 is 15.9 Å². The molecule has 0 fully saturated rings. The molecule has 0 aliphatic heterocycles. The van der Waals surface area contributed by atoms with Gasteiger partial charge in [-0.05, 0) is 49.6 Å². The lowest BCUT2D eigenvalue weighted by molar-refractivity contribution is 0.415. The van der Waals surface area contributed by atoms with Crippen molar-refractivity contribution in [3.63, 3.8) is 0 Å². The Morgan fingerprint density at radius 3 is 2.35 bits per heavy atom. The van der Waals surface area contributed by atoms with Crippen molar-refractivity contribution in [1.29, 1.82) is 0 Å². The molecule has 0 saturated carbocycles. The van der Waals surface area contributed by atoms with Gasteiger partial charge in [0, 0.05) is 34.1 Å². The minimum atomic E-state index is -0.338. The van der Waals surface area contributed by atoms with Gasteiger partial charge in [0.25, 0.3) is 0 Å². The van der Waals surface area contributed by atoms with E-state index in [1.807, 2.05) is 79.1 Å². The molecule has 4 aromatic rings. The SMILES string of the molecule is COc1cccc(-c2c(C)n(Cc3ccccc3F)c(C)c(CC(N)c3ccccc3)c2=O)c1. The van der Waals surface area contributed by atoms with E-state index in [2.05, 4.69) is 0 Å². The van der Waals surface area contributed by atoms with Crippen LogP contribution >= 0.6 is 0 Å². The highest BCUT2D eigenvalue weighted by molar-refractivity contribution is 5.68. The van der Waals surface area contributed by atoms with Crippen LogP contribution in [0.1, 0.15) is 34.1 Å². The van der Waals surface area contributed by atoms with Gasteiger partial charge in [-0.2, -0.15) is 0 Å². The first-order valence-corrected chi connectivity index (χ1v) is 11.3. The highest BCUT2D eigenvalue weighted by Gasteiger charge is 2.21. The average Bonchev–Trinajstić information content (AvgIpc) is 2.86. The number of ether oxygens (including phenoxy) is 1. The van der Waals surface area contributed by atoms with Crippen molar-refractivity contribution in [2.45, 2.75) is 32.9 Å². The molecule has 174 valence electrons. The molecular formula is C29H29FN2O2. The summed E-state index contributed by atoms with van der Waals surface area (Å²) in [7, 11) is 1.60. The fourth-order valence-corrected chi connectivity index (χ4v) is 4.46. The highest BCUT2D eigenvalue weighted by atomic mass is 19.1. The molecule has 4 rings (SSSR count). The van der Waals surface area contributed by atoms with E-state index in [1.54, 1.807) is 19.2 Å². The quantitative estimate of drug-likeness (QED) is 0.396. The minimum Gasteiger partial charge on any atom is -0.497 e. The summed E-state index contributed by atoms with van der Waals surface area (Å²) in [6, 6.07) is 23.6. The Hall–Kier alpha value is -3.70. The topological polar surface area (TPSA) is 57.2 Å². The maximum absolute atomic E-state index is 14.6. The van der Waals surface area contributed by atoms with Gasteiger partial charge in [-0.25, -0.2) is 4.39 Å². The minimum absolute atomic E-state index is 0.0561. The first-order valence-electron chi connectivity index (χ1n) is 11.3. The Labute approximate surface area is 199 Å². The number of nitrogens with two attached hydrogens (primary N) is 1. The van der Waals surface area contributed by atoms with Gasteiger partial charge in [0.2, 0.25) is 0 Å². The molecule has 1 atom stereocenters. The molecule has 1 heterocycles. The molecule has 0 saturated heterocycles. The van der Waals surface area contributed by atoms with E-state index in [9.17, 15) is 9.18 Å². The Morgan fingerprint density at radius 2 is 1.65 bits per heavy atom. The first-order chi connectivity index (χ1) is 16.4. The second-order valence-electron chi connectivity index (χ2n) is 8.48. The lowest BCUT2D eigenvalue weighted by Gasteiger charge is -2.23. The van der Waals surface area contributed by atoms with Crippen molar-refractivity contribution in [3.8, 4) is 16.9 Å². The van der Waals surface area contributed by atoms with Crippen LogP contribution in [-0.2, 0) is 13.0 Å². The number of nitrogens with zero attached hydrogens (tertiary/aromatic N) is 1. The van der Waals surface area contributed by atoms with Crippen molar-refractivity contribution in [2.75, 3.05) is 7.11 Å². The predicted molar refractivity (Wildman–Crippen MR) is 135 cm³/mol. The van der Waals surface area contributed by atoms with E-state index < -0.39 is 0 Å². The molecule has 0 amide bonds. The molecule has 3 aromatic carbocycles. The van der Waals surface area contributed by atoms with E-state index in [0.29, 0.717) is 35.4 Å². The number of aromatic nitrogens is 1. The lowest BCUT2D eigenvalue weighted by atomic mass is 9.93. The molecule has 1 unspecified atom stereocenters. The fourth-order valence-electron chi connectivity index (χ4n) is 4.46. The van der Waals surface area contributed by atoms with Crippen LogP contribution in [0.2, 0.25) is 0 Å².